The first-order valence-electron chi connectivity index (χ1n) is 6.19. The summed E-state index contributed by atoms with van der Waals surface area (Å²) in [5.41, 5.74) is 0.940. The molecule has 0 aliphatic heterocycles. The molecular weight excluding hydrogens is 216 g/mol. The van der Waals surface area contributed by atoms with E-state index >= 15 is 0 Å². The van der Waals surface area contributed by atoms with E-state index in [0.29, 0.717) is 0 Å². The van der Waals surface area contributed by atoms with Crippen molar-refractivity contribution >= 4 is 8.32 Å². The third-order valence-corrected chi connectivity index (χ3v) is 8.51. The van der Waals surface area contributed by atoms with Crippen LogP contribution in [0.5, 0.6) is 0 Å². The fourth-order valence-corrected chi connectivity index (χ4v) is 3.13. The number of hydrogen-bond donors (Lipinski definition) is 1. The van der Waals surface area contributed by atoms with Crippen molar-refractivity contribution in [3.8, 4) is 0 Å². The predicted octanol–water partition coefficient (Wildman–Crippen LogP) is 3.48. The van der Waals surface area contributed by atoms with Gasteiger partial charge in [-0.25, -0.2) is 0 Å². The van der Waals surface area contributed by atoms with E-state index in [9.17, 15) is 5.11 Å². The van der Waals surface area contributed by atoms with Crippen molar-refractivity contribution in [3.63, 3.8) is 0 Å². The average molecular weight is 242 g/mol. The summed E-state index contributed by atoms with van der Waals surface area (Å²) in [6.45, 7) is 15.1. The molecule has 1 fully saturated rings. The lowest BCUT2D eigenvalue weighted by Gasteiger charge is -2.42. The molecule has 3 heteroatoms. The highest BCUT2D eigenvalue weighted by molar-refractivity contribution is 6.74. The molecule has 94 valence electrons. The predicted molar refractivity (Wildman–Crippen MR) is 71.1 cm³/mol. The molecule has 1 aliphatic carbocycles. The van der Waals surface area contributed by atoms with Gasteiger partial charge in [0.05, 0.1) is 12.2 Å². The van der Waals surface area contributed by atoms with Crippen LogP contribution in [-0.2, 0) is 4.43 Å². The Bertz CT molecular complexity index is 266. The van der Waals surface area contributed by atoms with E-state index in [2.05, 4.69) is 40.4 Å². The van der Waals surface area contributed by atoms with Crippen LogP contribution in [0.15, 0.2) is 12.2 Å². The summed E-state index contributed by atoms with van der Waals surface area (Å²) in [5.74, 6) is 0. The van der Waals surface area contributed by atoms with Crippen LogP contribution in [0.3, 0.4) is 0 Å². The first kappa shape index (κ1) is 13.9. The summed E-state index contributed by atoms with van der Waals surface area (Å²) >= 11 is 0. The van der Waals surface area contributed by atoms with Crippen molar-refractivity contribution in [3.05, 3.63) is 12.2 Å². The standard InChI is InChI=1S/C13H26O2Si/c1-10-8-7-9-11(12(10)14)15-16(5,6)13(2,3)4/h11-12,14H,1,7-9H2,2-6H3/t11-,12+/m1/s1. The minimum atomic E-state index is -1.76. The molecular formula is C13H26O2Si. The Morgan fingerprint density at radius 3 is 2.44 bits per heavy atom. The van der Waals surface area contributed by atoms with Crippen LogP contribution >= 0.6 is 0 Å². The molecule has 0 radical (unpaired) electrons. The maximum Gasteiger partial charge on any atom is 0.192 e. The van der Waals surface area contributed by atoms with E-state index in [1.807, 2.05) is 0 Å². The van der Waals surface area contributed by atoms with Gasteiger partial charge >= 0.3 is 0 Å². The summed E-state index contributed by atoms with van der Waals surface area (Å²) in [7, 11) is -1.76. The number of hydrogen-bond acceptors (Lipinski definition) is 2. The fraction of sp³-hybridized carbons (Fsp3) is 0.846. The van der Waals surface area contributed by atoms with Crippen molar-refractivity contribution in [2.75, 3.05) is 0 Å². The van der Waals surface area contributed by atoms with Gasteiger partial charge in [0.1, 0.15) is 0 Å². The van der Waals surface area contributed by atoms with E-state index < -0.39 is 14.4 Å². The lowest BCUT2D eigenvalue weighted by atomic mass is 9.91. The number of rotatable bonds is 2. The topological polar surface area (TPSA) is 29.5 Å². The molecule has 0 bridgehead atoms. The summed E-state index contributed by atoms with van der Waals surface area (Å²) in [6.07, 6.45) is 2.52. The molecule has 0 aromatic rings. The van der Waals surface area contributed by atoms with Crippen molar-refractivity contribution in [1.82, 2.24) is 0 Å². The molecule has 0 unspecified atom stereocenters. The highest BCUT2D eigenvalue weighted by atomic mass is 28.4. The van der Waals surface area contributed by atoms with Crippen LogP contribution in [0.1, 0.15) is 40.0 Å². The van der Waals surface area contributed by atoms with Crippen LogP contribution in [0.2, 0.25) is 18.1 Å². The molecule has 2 nitrogen and oxygen atoms in total. The monoisotopic (exact) mass is 242 g/mol. The lowest BCUT2D eigenvalue weighted by molar-refractivity contribution is 0.0298. The van der Waals surface area contributed by atoms with Crippen molar-refractivity contribution < 1.29 is 9.53 Å². The van der Waals surface area contributed by atoms with Gasteiger partial charge in [0.25, 0.3) is 0 Å². The van der Waals surface area contributed by atoms with Gasteiger partial charge in [0.2, 0.25) is 0 Å². The Labute approximate surface area is 101 Å². The molecule has 1 rings (SSSR count). The van der Waals surface area contributed by atoms with Gasteiger partial charge in [-0.05, 0) is 43.0 Å². The summed E-state index contributed by atoms with van der Waals surface area (Å²) in [4.78, 5) is 0. The Balaban J connectivity index is 2.70. The third kappa shape index (κ3) is 2.96. The molecule has 0 spiro atoms. The molecule has 1 saturated carbocycles. The Morgan fingerprint density at radius 2 is 1.94 bits per heavy atom. The second-order valence-electron chi connectivity index (χ2n) is 6.41. The van der Waals surface area contributed by atoms with Crippen LogP contribution in [-0.4, -0.2) is 25.6 Å². The SMILES string of the molecule is C=C1CCC[C@@H](O[Si](C)(C)C(C)(C)C)[C@H]1O. The van der Waals surface area contributed by atoms with Gasteiger partial charge in [-0.2, -0.15) is 0 Å². The number of aliphatic hydroxyl groups excluding tert-OH is 1. The molecule has 1 N–H and O–H groups in total. The molecule has 0 aromatic heterocycles. The first-order chi connectivity index (χ1) is 7.15. The summed E-state index contributed by atoms with van der Waals surface area (Å²) in [5, 5.41) is 10.3. The quantitative estimate of drug-likeness (QED) is 0.593. The van der Waals surface area contributed by atoms with E-state index in [-0.39, 0.29) is 11.1 Å². The lowest BCUT2D eigenvalue weighted by Crippen LogP contribution is -2.48. The normalized spacial score (nSPS) is 28.2. The van der Waals surface area contributed by atoms with Crippen molar-refractivity contribution in [1.29, 1.82) is 0 Å². The van der Waals surface area contributed by atoms with Crippen LogP contribution in [0, 0.1) is 0 Å². The van der Waals surface area contributed by atoms with Gasteiger partial charge in [-0.15, -0.1) is 0 Å². The fourth-order valence-electron chi connectivity index (χ4n) is 1.78. The Kier molecular flexibility index (Phi) is 4.03. The Morgan fingerprint density at radius 1 is 1.38 bits per heavy atom. The number of aliphatic hydroxyl groups is 1. The molecule has 0 amide bonds. The zero-order valence-electron chi connectivity index (χ0n) is 11.3. The largest absolute Gasteiger partial charge is 0.411 e. The first-order valence-corrected chi connectivity index (χ1v) is 9.09. The van der Waals surface area contributed by atoms with Crippen LogP contribution in [0.4, 0.5) is 0 Å². The molecule has 1 aliphatic rings. The van der Waals surface area contributed by atoms with Gasteiger partial charge in [0.15, 0.2) is 8.32 Å². The molecule has 2 atom stereocenters. The van der Waals surface area contributed by atoms with E-state index in [4.69, 9.17) is 4.43 Å². The van der Waals surface area contributed by atoms with Crippen molar-refractivity contribution in [2.45, 2.75) is 70.4 Å². The van der Waals surface area contributed by atoms with E-state index in [1.165, 1.54) is 0 Å². The maximum absolute atomic E-state index is 10.1. The minimum absolute atomic E-state index is 0.0258. The van der Waals surface area contributed by atoms with Gasteiger partial charge in [0, 0.05) is 0 Å². The summed E-state index contributed by atoms with van der Waals surface area (Å²) < 4.78 is 6.25. The van der Waals surface area contributed by atoms with Gasteiger partial charge < -0.3 is 9.53 Å². The molecule has 0 aromatic carbocycles. The molecule has 0 heterocycles. The van der Waals surface area contributed by atoms with Gasteiger partial charge in [-0.3, -0.25) is 0 Å². The minimum Gasteiger partial charge on any atom is -0.411 e. The zero-order chi connectivity index (χ0) is 12.6. The maximum atomic E-state index is 10.1. The van der Waals surface area contributed by atoms with E-state index in [1.54, 1.807) is 0 Å². The van der Waals surface area contributed by atoms with Crippen molar-refractivity contribution in [2.24, 2.45) is 0 Å². The van der Waals surface area contributed by atoms with Crippen LogP contribution in [0.25, 0.3) is 0 Å². The van der Waals surface area contributed by atoms with Crippen LogP contribution < -0.4 is 0 Å². The van der Waals surface area contributed by atoms with Gasteiger partial charge in [-0.1, -0.05) is 27.4 Å². The molecule has 16 heavy (non-hydrogen) atoms. The molecule has 0 saturated heterocycles. The van der Waals surface area contributed by atoms with E-state index in [0.717, 1.165) is 24.8 Å². The smallest absolute Gasteiger partial charge is 0.192 e. The summed E-state index contributed by atoms with van der Waals surface area (Å²) in [6, 6.07) is 0. The highest BCUT2D eigenvalue weighted by Crippen LogP contribution is 2.39. The highest BCUT2D eigenvalue weighted by Gasteiger charge is 2.41. The Hall–Kier alpha value is -0.123. The third-order valence-electron chi connectivity index (χ3n) is 4.01. The second kappa shape index (κ2) is 4.63. The average Bonchev–Trinajstić information content (AvgIpc) is 2.11. The second-order valence-corrected chi connectivity index (χ2v) is 11.2. The zero-order valence-corrected chi connectivity index (χ0v) is 12.3.